The summed E-state index contributed by atoms with van der Waals surface area (Å²) in [6, 6.07) is 19.2. The van der Waals surface area contributed by atoms with Crippen LogP contribution in [0.2, 0.25) is 0 Å². The molecular formula is C29H31N7O3. The fourth-order valence-electron chi connectivity index (χ4n) is 4.77. The Kier molecular flexibility index (Phi) is 7.93. The van der Waals surface area contributed by atoms with Gasteiger partial charge in [-0.05, 0) is 70.4 Å². The number of methoxy groups -OCH3 is 2. The zero-order chi connectivity index (χ0) is 27.2. The SMILES string of the molecule is CC[C@@H](c1nnnn1Cc1ccc(OC)cc1)N(Cc1cccnc1)Cc1cc2cc(OC)ccc2[nH]c1=O. The standard InChI is InChI=1S/C29H31N7O3/c1-4-27(28-32-33-34-36(28)18-20-7-9-24(38-2)10-8-20)35(17-21-6-5-13-30-16-21)19-23-14-22-15-25(39-3)11-12-26(22)31-29(23)37/h5-16,27H,4,17-19H2,1-3H3,(H,31,37)/t27-/m0/s1. The number of rotatable bonds is 11. The first-order chi connectivity index (χ1) is 19.1. The Hall–Kier alpha value is -4.57. The summed E-state index contributed by atoms with van der Waals surface area (Å²) in [7, 11) is 3.28. The molecule has 2 aromatic carbocycles. The van der Waals surface area contributed by atoms with Gasteiger partial charge in [-0.25, -0.2) is 4.68 Å². The minimum Gasteiger partial charge on any atom is -0.497 e. The highest BCUT2D eigenvalue weighted by Crippen LogP contribution is 2.27. The molecule has 0 unspecified atom stereocenters. The highest BCUT2D eigenvalue weighted by Gasteiger charge is 2.26. The zero-order valence-electron chi connectivity index (χ0n) is 22.2. The number of fused-ring (bicyclic) bond motifs is 1. The predicted octanol–water partition coefficient (Wildman–Crippen LogP) is 4.13. The van der Waals surface area contributed by atoms with Gasteiger partial charge in [-0.15, -0.1) is 5.10 Å². The van der Waals surface area contributed by atoms with Crippen LogP contribution in [0.15, 0.2) is 77.9 Å². The summed E-state index contributed by atoms with van der Waals surface area (Å²) in [5, 5.41) is 13.7. The summed E-state index contributed by atoms with van der Waals surface area (Å²) < 4.78 is 12.5. The van der Waals surface area contributed by atoms with E-state index < -0.39 is 0 Å². The monoisotopic (exact) mass is 525 g/mol. The highest BCUT2D eigenvalue weighted by atomic mass is 16.5. The molecule has 10 heteroatoms. The molecule has 0 aliphatic rings. The summed E-state index contributed by atoms with van der Waals surface area (Å²) in [4.78, 5) is 22.7. The maximum absolute atomic E-state index is 13.2. The Balaban J connectivity index is 1.50. The minimum atomic E-state index is -0.154. The third-order valence-corrected chi connectivity index (χ3v) is 6.79. The van der Waals surface area contributed by atoms with E-state index in [0.29, 0.717) is 25.2 Å². The molecule has 1 atom stereocenters. The molecular weight excluding hydrogens is 494 g/mol. The van der Waals surface area contributed by atoms with E-state index in [1.807, 2.05) is 71.5 Å². The first kappa shape index (κ1) is 26.1. The smallest absolute Gasteiger partial charge is 0.252 e. The van der Waals surface area contributed by atoms with Crippen LogP contribution in [0.25, 0.3) is 10.9 Å². The molecule has 0 bridgehead atoms. The van der Waals surface area contributed by atoms with E-state index >= 15 is 0 Å². The maximum Gasteiger partial charge on any atom is 0.252 e. The van der Waals surface area contributed by atoms with E-state index in [9.17, 15) is 4.79 Å². The van der Waals surface area contributed by atoms with Gasteiger partial charge in [0.2, 0.25) is 0 Å². The summed E-state index contributed by atoms with van der Waals surface area (Å²) in [6.07, 6.45) is 4.33. The number of nitrogens with zero attached hydrogens (tertiary/aromatic N) is 6. The largest absolute Gasteiger partial charge is 0.497 e. The molecule has 0 fully saturated rings. The van der Waals surface area contributed by atoms with Crippen molar-refractivity contribution in [1.29, 1.82) is 0 Å². The average molecular weight is 526 g/mol. The fourth-order valence-corrected chi connectivity index (χ4v) is 4.77. The minimum absolute atomic E-state index is 0.128. The molecule has 3 heterocycles. The lowest BCUT2D eigenvalue weighted by Gasteiger charge is -2.30. The van der Waals surface area contributed by atoms with Crippen molar-refractivity contribution < 1.29 is 9.47 Å². The Labute approximate surface area is 226 Å². The van der Waals surface area contributed by atoms with E-state index in [1.54, 1.807) is 20.4 Å². The quantitative estimate of drug-likeness (QED) is 0.274. The van der Waals surface area contributed by atoms with E-state index in [4.69, 9.17) is 9.47 Å². The van der Waals surface area contributed by atoms with Crippen molar-refractivity contribution in [3.8, 4) is 11.5 Å². The first-order valence-corrected chi connectivity index (χ1v) is 12.8. The van der Waals surface area contributed by atoms with Crippen molar-refractivity contribution in [1.82, 2.24) is 35.1 Å². The van der Waals surface area contributed by atoms with E-state index in [0.717, 1.165) is 45.8 Å². The normalized spacial score (nSPS) is 12.1. The van der Waals surface area contributed by atoms with Gasteiger partial charge in [0, 0.05) is 41.9 Å². The molecule has 1 N–H and O–H groups in total. The molecule has 0 aliphatic carbocycles. The lowest BCUT2D eigenvalue weighted by Crippen LogP contribution is -2.32. The molecule has 10 nitrogen and oxygen atoms in total. The second-order valence-corrected chi connectivity index (χ2v) is 9.31. The average Bonchev–Trinajstić information content (AvgIpc) is 3.42. The summed E-state index contributed by atoms with van der Waals surface area (Å²) in [5.41, 5.74) is 3.37. The second-order valence-electron chi connectivity index (χ2n) is 9.31. The molecule has 0 saturated heterocycles. The van der Waals surface area contributed by atoms with Gasteiger partial charge in [-0.2, -0.15) is 0 Å². The number of tetrazole rings is 1. The van der Waals surface area contributed by atoms with Crippen molar-refractivity contribution in [2.45, 2.75) is 39.0 Å². The molecule has 5 aromatic rings. The number of aromatic amines is 1. The van der Waals surface area contributed by atoms with Gasteiger partial charge < -0.3 is 14.5 Å². The lowest BCUT2D eigenvalue weighted by molar-refractivity contribution is 0.161. The Morgan fingerprint density at radius 1 is 0.974 bits per heavy atom. The van der Waals surface area contributed by atoms with Crippen molar-refractivity contribution in [3.05, 3.63) is 106 Å². The van der Waals surface area contributed by atoms with Crippen molar-refractivity contribution >= 4 is 10.9 Å². The number of hydrogen-bond acceptors (Lipinski definition) is 8. The molecule has 0 saturated carbocycles. The number of nitrogens with one attached hydrogen (secondary N) is 1. The third-order valence-electron chi connectivity index (χ3n) is 6.79. The number of pyridine rings is 2. The lowest BCUT2D eigenvalue weighted by atomic mass is 10.1. The van der Waals surface area contributed by atoms with Gasteiger partial charge in [0.25, 0.3) is 5.56 Å². The van der Waals surface area contributed by atoms with Crippen molar-refractivity contribution in [2.24, 2.45) is 0 Å². The Bertz CT molecular complexity index is 1580. The Morgan fingerprint density at radius 3 is 2.49 bits per heavy atom. The predicted molar refractivity (Wildman–Crippen MR) is 148 cm³/mol. The van der Waals surface area contributed by atoms with Gasteiger partial charge >= 0.3 is 0 Å². The number of ether oxygens (including phenoxy) is 2. The van der Waals surface area contributed by atoms with E-state index in [-0.39, 0.29) is 11.6 Å². The molecule has 0 amide bonds. The highest BCUT2D eigenvalue weighted by molar-refractivity contribution is 5.80. The molecule has 0 aliphatic heterocycles. The third kappa shape index (κ3) is 5.96. The number of benzene rings is 2. The summed E-state index contributed by atoms with van der Waals surface area (Å²) >= 11 is 0. The molecule has 3 aromatic heterocycles. The van der Waals surface area contributed by atoms with E-state index in [1.165, 1.54) is 0 Å². The van der Waals surface area contributed by atoms with Gasteiger partial charge in [0.15, 0.2) is 5.82 Å². The van der Waals surface area contributed by atoms with Crippen LogP contribution in [0.5, 0.6) is 11.5 Å². The molecule has 200 valence electrons. The summed E-state index contributed by atoms with van der Waals surface area (Å²) in [6.45, 7) is 3.57. The van der Waals surface area contributed by atoms with Crippen LogP contribution in [0.1, 0.15) is 41.9 Å². The van der Waals surface area contributed by atoms with Gasteiger partial charge in [0.1, 0.15) is 11.5 Å². The van der Waals surface area contributed by atoms with Crippen LogP contribution < -0.4 is 15.0 Å². The maximum atomic E-state index is 13.2. The Morgan fingerprint density at radius 2 is 1.77 bits per heavy atom. The van der Waals surface area contributed by atoms with Gasteiger partial charge in [-0.1, -0.05) is 25.1 Å². The number of hydrogen-bond donors (Lipinski definition) is 1. The van der Waals surface area contributed by atoms with Crippen LogP contribution in [0.3, 0.4) is 0 Å². The number of H-pyrrole nitrogens is 1. The zero-order valence-corrected chi connectivity index (χ0v) is 22.2. The topological polar surface area (TPSA) is 111 Å². The van der Waals surface area contributed by atoms with Crippen LogP contribution >= 0.6 is 0 Å². The van der Waals surface area contributed by atoms with Crippen LogP contribution in [0, 0.1) is 0 Å². The molecule has 0 radical (unpaired) electrons. The molecule has 39 heavy (non-hydrogen) atoms. The van der Waals surface area contributed by atoms with Gasteiger partial charge in [-0.3, -0.25) is 14.7 Å². The van der Waals surface area contributed by atoms with Crippen LogP contribution in [-0.4, -0.2) is 49.3 Å². The van der Waals surface area contributed by atoms with E-state index in [2.05, 4.69) is 37.3 Å². The number of aromatic nitrogens is 6. The van der Waals surface area contributed by atoms with Crippen molar-refractivity contribution in [3.63, 3.8) is 0 Å². The van der Waals surface area contributed by atoms with Crippen LogP contribution in [-0.2, 0) is 19.6 Å². The molecule has 5 rings (SSSR count). The van der Waals surface area contributed by atoms with Crippen molar-refractivity contribution in [2.75, 3.05) is 14.2 Å². The first-order valence-electron chi connectivity index (χ1n) is 12.8. The summed E-state index contributed by atoms with van der Waals surface area (Å²) in [5.74, 6) is 2.26. The van der Waals surface area contributed by atoms with Crippen LogP contribution in [0.4, 0.5) is 0 Å². The molecule has 0 spiro atoms. The van der Waals surface area contributed by atoms with Gasteiger partial charge in [0.05, 0.1) is 26.8 Å². The fraction of sp³-hybridized carbons (Fsp3) is 0.276. The second kappa shape index (κ2) is 11.9.